The minimum Gasteiger partial charge on any atom is -0.462 e. The van der Waals surface area contributed by atoms with Gasteiger partial charge in [-0.25, -0.2) is 4.79 Å². The molecule has 3 aromatic carbocycles. The molecular formula is C20H16ClNO3. The minimum atomic E-state index is -0.421. The fraction of sp³-hybridized carbons (Fsp3) is 0.100. The van der Waals surface area contributed by atoms with E-state index in [0.29, 0.717) is 28.4 Å². The van der Waals surface area contributed by atoms with E-state index < -0.39 is 5.97 Å². The molecule has 0 aromatic heterocycles. The number of fused-ring (bicyclic) bond motifs is 1. The van der Waals surface area contributed by atoms with Gasteiger partial charge in [0, 0.05) is 21.7 Å². The molecule has 3 rings (SSSR count). The van der Waals surface area contributed by atoms with Gasteiger partial charge in [-0.3, -0.25) is 4.79 Å². The van der Waals surface area contributed by atoms with E-state index in [1.165, 1.54) is 0 Å². The van der Waals surface area contributed by atoms with Gasteiger partial charge in [0.1, 0.15) is 0 Å². The van der Waals surface area contributed by atoms with Crippen molar-refractivity contribution >= 4 is 39.9 Å². The number of carbonyl (C=O) groups excluding carboxylic acids is 2. The first-order valence-electron chi connectivity index (χ1n) is 7.86. The van der Waals surface area contributed by atoms with Gasteiger partial charge in [-0.15, -0.1) is 0 Å². The molecule has 0 aliphatic rings. The van der Waals surface area contributed by atoms with Gasteiger partial charge in [-0.1, -0.05) is 41.9 Å². The summed E-state index contributed by atoms with van der Waals surface area (Å²) in [7, 11) is 0. The fourth-order valence-corrected chi connectivity index (χ4v) is 2.84. The summed E-state index contributed by atoms with van der Waals surface area (Å²) in [5, 5.41) is 5.00. The number of amides is 1. The van der Waals surface area contributed by atoms with Gasteiger partial charge < -0.3 is 10.1 Å². The summed E-state index contributed by atoms with van der Waals surface area (Å²) < 4.78 is 4.98. The zero-order valence-corrected chi connectivity index (χ0v) is 14.3. The summed E-state index contributed by atoms with van der Waals surface area (Å²) >= 11 is 6.20. The van der Waals surface area contributed by atoms with E-state index in [0.717, 1.165) is 10.8 Å². The van der Waals surface area contributed by atoms with Crippen LogP contribution in [0.4, 0.5) is 5.69 Å². The highest BCUT2D eigenvalue weighted by Crippen LogP contribution is 2.26. The predicted octanol–water partition coefficient (Wildman–Crippen LogP) is 4.92. The Labute approximate surface area is 150 Å². The Morgan fingerprint density at radius 2 is 1.72 bits per heavy atom. The van der Waals surface area contributed by atoms with Crippen molar-refractivity contribution < 1.29 is 14.3 Å². The van der Waals surface area contributed by atoms with Crippen LogP contribution < -0.4 is 5.32 Å². The summed E-state index contributed by atoms with van der Waals surface area (Å²) in [4.78, 5) is 24.5. The van der Waals surface area contributed by atoms with Crippen LogP contribution in [0.5, 0.6) is 0 Å². The van der Waals surface area contributed by atoms with Crippen LogP contribution in [0.2, 0.25) is 5.02 Å². The van der Waals surface area contributed by atoms with Gasteiger partial charge in [-0.05, 0) is 42.6 Å². The van der Waals surface area contributed by atoms with Crippen LogP contribution in [-0.4, -0.2) is 18.5 Å². The highest BCUT2D eigenvalue weighted by molar-refractivity contribution is 6.36. The van der Waals surface area contributed by atoms with Crippen molar-refractivity contribution in [1.82, 2.24) is 0 Å². The third kappa shape index (κ3) is 3.64. The van der Waals surface area contributed by atoms with Crippen molar-refractivity contribution in [3.63, 3.8) is 0 Å². The van der Waals surface area contributed by atoms with Crippen LogP contribution in [0.1, 0.15) is 27.6 Å². The molecule has 0 bridgehead atoms. The highest BCUT2D eigenvalue weighted by atomic mass is 35.5. The molecule has 0 saturated carbocycles. The molecule has 0 spiro atoms. The van der Waals surface area contributed by atoms with E-state index >= 15 is 0 Å². The van der Waals surface area contributed by atoms with Gasteiger partial charge in [0.2, 0.25) is 0 Å². The van der Waals surface area contributed by atoms with Crippen LogP contribution in [0, 0.1) is 0 Å². The molecule has 0 fully saturated rings. The first-order chi connectivity index (χ1) is 12.1. The first-order valence-corrected chi connectivity index (χ1v) is 8.23. The zero-order valence-electron chi connectivity index (χ0n) is 13.6. The molecule has 0 radical (unpaired) electrons. The van der Waals surface area contributed by atoms with E-state index in [2.05, 4.69) is 5.32 Å². The maximum absolute atomic E-state index is 12.7. The SMILES string of the molecule is CCOC(=O)c1cccc(NC(=O)c2cccc3c(Cl)cccc23)c1. The Hall–Kier alpha value is -2.85. The Morgan fingerprint density at radius 1 is 1.00 bits per heavy atom. The van der Waals surface area contributed by atoms with Crippen LogP contribution >= 0.6 is 11.6 Å². The van der Waals surface area contributed by atoms with E-state index in [1.54, 1.807) is 49.4 Å². The maximum Gasteiger partial charge on any atom is 0.338 e. The van der Waals surface area contributed by atoms with Gasteiger partial charge in [0.05, 0.1) is 12.2 Å². The number of hydrogen-bond donors (Lipinski definition) is 1. The summed E-state index contributed by atoms with van der Waals surface area (Å²) in [5.41, 5.74) is 1.43. The Bertz CT molecular complexity index is 953. The number of nitrogens with one attached hydrogen (secondary N) is 1. The topological polar surface area (TPSA) is 55.4 Å². The van der Waals surface area contributed by atoms with Gasteiger partial charge in [0.25, 0.3) is 5.91 Å². The van der Waals surface area contributed by atoms with Crippen LogP contribution in [-0.2, 0) is 4.74 Å². The summed E-state index contributed by atoms with van der Waals surface area (Å²) in [6, 6.07) is 17.5. The van der Waals surface area contributed by atoms with Crippen molar-refractivity contribution in [3.05, 3.63) is 76.8 Å². The van der Waals surface area contributed by atoms with Crippen molar-refractivity contribution in [1.29, 1.82) is 0 Å². The number of halogens is 1. The van der Waals surface area contributed by atoms with E-state index in [9.17, 15) is 9.59 Å². The average Bonchev–Trinajstić information content (AvgIpc) is 2.62. The molecule has 3 aromatic rings. The number of hydrogen-bond acceptors (Lipinski definition) is 3. The number of carbonyl (C=O) groups is 2. The standard InChI is InChI=1S/C20H16ClNO3/c1-2-25-20(24)13-6-3-7-14(12-13)22-19(23)17-10-4-9-16-15(17)8-5-11-18(16)21/h3-12H,2H2,1H3,(H,22,23). The molecule has 0 aliphatic carbocycles. The number of esters is 1. The van der Waals surface area contributed by atoms with Crippen molar-refractivity contribution in [3.8, 4) is 0 Å². The lowest BCUT2D eigenvalue weighted by atomic mass is 10.0. The Morgan fingerprint density at radius 3 is 2.52 bits per heavy atom. The summed E-state index contributed by atoms with van der Waals surface area (Å²) in [5.74, 6) is -0.690. The smallest absolute Gasteiger partial charge is 0.338 e. The van der Waals surface area contributed by atoms with Crippen LogP contribution in [0.3, 0.4) is 0 Å². The lowest BCUT2D eigenvalue weighted by Gasteiger charge is -2.10. The molecule has 0 saturated heterocycles. The van der Waals surface area contributed by atoms with Crippen molar-refractivity contribution in [2.75, 3.05) is 11.9 Å². The monoisotopic (exact) mass is 353 g/mol. The number of anilines is 1. The number of benzene rings is 3. The third-order valence-electron chi connectivity index (χ3n) is 3.75. The largest absolute Gasteiger partial charge is 0.462 e. The lowest BCUT2D eigenvalue weighted by molar-refractivity contribution is 0.0526. The molecule has 0 aliphatic heterocycles. The van der Waals surface area contributed by atoms with Gasteiger partial charge >= 0.3 is 5.97 Å². The number of ether oxygens (including phenoxy) is 1. The Kier molecular flexibility index (Phi) is 5.00. The van der Waals surface area contributed by atoms with Crippen molar-refractivity contribution in [2.24, 2.45) is 0 Å². The van der Waals surface area contributed by atoms with Crippen LogP contribution in [0.25, 0.3) is 10.8 Å². The highest BCUT2D eigenvalue weighted by Gasteiger charge is 2.13. The van der Waals surface area contributed by atoms with Gasteiger partial charge in [0.15, 0.2) is 0 Å². The molecule has 5 heteroatoms. The van der Waals surface area contributed by atoms with Crippen LogP contribution in [0.15, 0.2) is 60.7 Å². The molecule has 1 amide bonds. The summed E-state index contributed by atoms with van der Waals surface area (Å²) in [6.07, 6.45) is 0. The van der Waals surface area contributed by atoms with E-state index in [4.69, 9.17) is 16.3 Å². The molecule has 126 valence electrons. The van der Waals surface area contributed by atoms with Crippen molar-refractivity contribution in [2.45, 2.75) is 6.92 Å². The molecule has 1 N–H and O–H groups in total. The molecule has 0 heterocycles. The predicted molar refractivity (Wildman–Crippen MR) is 99.3 cm³/mol. The molecule has 0 unspecified atom stereocenters. The zero-order chi connectivity index (χ0) is 17.8. The van der Waals surface area contributed by atoms with E-state index in [1.807, 2.05) is 18.2 Å². The first kappa shape index (κ1) is 17.0. The molecular weight excluding hydrogens is 338 g/mol. The summed E-state index contributed by atoms with van der Waals surface area (Å²) in [6.45, 7) is 2.04. The third-order valence-corrected chi connectivity index (χ3v) is 4.07. The second-order valence-corrected chi connectivity index (χ2v) is 5.80. The van der Waals surface area contributed by atoms with Gasteiger partial charge in [-0.2, -0.15) is 0 Å². The second kappa shape index (κ2) is 7.36. The second-order valence-electron chi connectivity index (χ2n) is 5.40. The molecule has 4 nitrogen and oxygen atoms in total. The maximum atomic E-state index is 12.7. The molecule has 25 heavy (non-hydrogen) atoms. The Balaban J connectivity index is 1.90. The minimum absolute atomic E-state index is 0.270. The van der Waals surface area contributed by atoms with E-state index in [-0.39, 0.29) is 5.91 Å². The quantitative estimate of drug-likeness (QED) is 0.677. The molecule has 0 atom stereocenters. The number of rotatable bonds is 4. The fourth-order valence-electron chi connectivity index (χ4n) is 2.61. The lowest BCUT2D eigenvalue weighted by Crippen LogP contribution is -2.13. The normalized spacial score (nSPS) is 10.5. The average molecular weight is 354 g/mol.